The number of ether oxygens (including phenoxy) is 1. The molecule has 0 bridgehead atoms. The summed E-state index contributed by atoms with van der Waals surface area (Å²) in [7, 11) is 0. The summed E-state index contributed by atoms with van der Waals surface area (Å²) in [6.07, 6.45) is 3.13. The maximum atomic E-state index is 5.79. The van der Waals surface area contributed by atoms with Crippen molar-refractivity contribution in [2.75, 3.05) is 52.4 Å². The van der Waals surface area contributed by atoms with Crippen LogP contribution in [0, 0.1) is 0 Å². The molecule has 1 atom stereocenters. The lowest BCUT2D eigenvalue weighted by atomic mass is 10.2. The molecule has 4 nitrogen and oxygen atoms in total. The van der Waals surface area contributed by atoms with E-state index in [4.69, 9.17) is 10.5 Å². The summed E-state index contributed by atoms with van der Waals surface area (Å²) in [5.41, 5.74) is 5.58. The van der Waals surface area contributed by atoms with Gasteiger partial charge >= 0.3 is 0 Å². The Morgan fingerprint density at radius 1 is 1.13 bits per heavy atom. The lowest BCUT2D eigenvalue weighted by Crippen LogP contribution is -2.48. The molecule has 2 N–H and O–H groups in total. The van der Waals surface area contributed by atoms with Gasteiger partial charge in [-0.2, -0.15) is 0 Å². The van der Waals surface area contributed by atoms with Crippen molar-refractivity contribution >= 4 is 0 Å². The first-order chi connectivity index (χ1) is 7.38. The van der Waals surface area contributed by atoms with Gasteiger partial charge in [0.05, 0.1) is 12.7 Å². The summed E-state index contributed by atoms with van der Waals surface area (Å²) >= 11 is 0. The molecule has 0 aromatic heterocycles. The minimum Gasteiger partial charge on any atom is -0.374 e. The van der Waals surface area contributed by atoms with Crippen molar-refractivity contribution in [1.29, 1.82) is 0 Å². The van der Waals surface area contributed by atoms with Crippen LogP contribution in [0.4, 0.5) is 0 Å². The number of hydrogen-bond donors (Lipinski definition) is 1. The predicted octanol–water partition coefficient (Wildman–Crippen LogP) is -0.258. The monoisotopic (exact) mass is 213 g/mol. The van der Waals surface area contributed by atoms with Crippen LogP contribution in [0.5, 0.6) is 0 Å². The molecular formula is C11H23N3O. The second-order valence-electron chi connectivity index (χ2n) is 4.59. The Labute approximate surface area is 92.4 Å². The van der Waals surface area contributed by atoms with Crippen LogP contribution in [0.1, 0.15) is 12.8 Å². The molecule has 2 fully saturated rings. The second-order valence-corrected chi connectivity index (χ2v) is 4.59. The summed E-state index contributed by atoms with van der Waals surface area (Å²) in [4.78, 5) is 4.95. The van der Waals surface area contributed by atoms with Gasteiger partial charge in [0.25, 0.3) is 0 Å². The van der Waals surface area contributed by atoms with Gasteiger partial charge in [-0.3, -0.25) is 4.90 Å². The van der Waals surface area contributed by atoms with E-state index in [-0.39, 0.29) is 0 Å². The highest BCUT2D eigenvalue weighted by Gasteiger charge is 2.23. The number of hydrogen-bond acceptors (Lipinski definition) is 4. The molecule has 0 radical (unpaired) electrons. The van der Waals surface area contributed by atoms with Crippen molar-refractivity contribution in [3.8, 4) is 0 Å². The average Bonchev–Trinajstić information content (AvgIpc) is 2.71. The molecule has 4 heteroatoms. The number of likely N-dealkylation sites (tertiary alicyclic amines) is 1. The summed E-state index contributed by atoms with van der Waals surface area (Å²) in [6.45, 7) is 8.39. The number of morpholine rings is 1. The Morgan fingerprint density at radius 3 is 2.67 bits per heavy atom. The fourth-order valence-corrected chi connectivity index (χ4v) is 2.53. The van der Waals surface area contributed by atoms with E-state index in [2.05, 4.69) is 9.80 Å². The van der Waals surface area contributed by atoms with Gasteiger partial charge in [0.2, 0.25) is 0 Å². The normalized spacial score (nSPS) is 29.8. The van der Waals surface area contributed by atoms with E-state index in [1.54, 1.807) is 0 Å². The summed E-state index contributed by atoms with van der Waals surface area (Å²) in [5, 5.41) is 0. The Morgan fingerprint density at radius 2 is 1.93 bits per heavy atom. The van der Waals surface area contributed by atoms with Crippen LogP contribution in [0.3, 0.4) is 0 Å². The van der Waals surface area contributed by atoms with E-state index in [1.165, 1.54) is 25.9 Å². The van der Waals surface area contributed by atoms with Crippen LogP contribution in [0.15, 0.2) is 0 Å². The highest BCUT2D eigenvalue weighted by Crippen LogP contribution is 2.11. The third-order valence-corrected chi connectivity index (χ3v) is 3.33. The molecule has 0 amide bonds. The maximum absolute atomic E-state index is 5.79. The predicted molar refractivity (Wildman–Crippen MR) is 60.9 cm³/mol. The fourth-order valence-electron chi connectivity index (χ4n) is 2.53. The Balaban J connectivity index is 1.71. The summed E-state index contributed by atoms with van der Waals surface area (Å²) in [5.74, 6) is 0. The van der Waals surface area contributed by atoms with Crippen LogP contribution in [-0.2, 0) is 4.74 Å². The van der Waals surface area contributed by atoms with Crippen molar-refractivity contribution < 1.29 is 4.74 Å². The van der Waals surface area contributed by atoms with Crippen molar-refractivity contribution in [3.63, 3.8) is 0 Å². The molecule has 2 heterocycles. The third-order valence-electron chi connectivity index (χ3n) is 3.33. The van der Waals surface area contributed by atoms with E-state index < -0.39 is 0 Å². The summed E-state index contributed by atoms with van der Waals surface area (Å²) < 4.78 is 5.79. The third kappa shape index (κ3) is 3.41. The molecular weight excluding hydrogens is 190 g/mol. The van der Waals surface area contributed by atoms with Crippen LogP contribution in [0.25, 0.3) is 0 Å². The zero-order chi connectivity index (χ0) is 10.5. The SMILES string of the molecule is NCCN1CCOC(CN2CCCC2)C1. The first-order valence-electron chi connectivity index (χ1n) is 6.15. The summed E-state index contributed by atoms with van der Waals surface area (Å²) in [6, 6.07) is 0. The van der Waals surface area contributed by atoms with Crippen LogP contribution in [-0.4, -0.2) is 68.3 Å². The minimum atomic E-state index is 0.406. The molecule has 2 aliphatic rings. The van der Waals surface area contributed by atoms with Crippen molar-refractivity contribution in [3.05, 3.63) is 0 Å². The van der Waals surface area contributed by atoms with Gasteiger partial charge in [0, 0.05) is 32.7 Å². The lowest BCUT2D eigenvalue weighted by molar-refractivity contribution is -0.0397. The van der Waals surface area contributed by atoms with Crippen LogP contribution >= 0.6 is 0 Å². The molecule has 0 spiro atoms. The van der Waals surface area contributed by atoms with Crippen molar-refractivity contribution in [2.24, 2.45) is 5.73 Å². The fraction of sp³-hybridized carbons (Fsp3) is 1.00. The second kappa shape index (κ2) is 5.80. The van der Waals surface area contributed by atoms with E-state index in [0.29, 0.717) is 6.10 Å². The molecule has 15 heavy (non-hydrogen) atoms. The topological polar surface area (TPSA) is 41.7 Å². The number of rotatable bonds is 4. The van der Waals surface area contributed by atoms with Gasteiger partial charge < -0.3 is 15.4 Å². The Kier molecular flexibility index (Phi) is 4.38. The zero-order valence-corrected chi connectivity index (χ0v) is 9.53. The molecule has 0 aromatic carbocycles. The van der Waals surface area contributed by atoms with Gasteiger partial charge in [0.15, 0.2) is 0 Å². The molecule has 0 aliphatic carbocycles. The van der Waals surface area contributed by atoms with Gasteiger partial charge in [0.1, 0.15) is 0 Å². The number of nitrogens with two attached hydrogens (primary N) is 1. The van der Waals surface area contributed by atoms with Gasteiger partial charge in [-0.05, 0) is 25.9 Å². The first kappa shape index (κ1) is 11.3. The number of nitrogens with zero attached hydrogens (tertiary/aromatic N) is 2. The van der Waals surface area contributed by atoms with Crippen LogP contribution in [0.2, 0.25) is 0 Å². The van der Waals surface area contributed by atoms with Gasteiger partial charge in [-0.1, -0.05) is 0 Å². The minimum absolute atomic E-state index is 0.406. The quantitative estimate of drug-likeness (QED) is 0.699. The highest BCUT2D eigenvalue weighted by atomic mass is 16.5. The maximum Gasteiger partial charge on any atom is 0.0829 e. The molecule has 88 valence electrons. The van der Waals surface area contributed by atoms with Gasteiger partial charge in [-0.15, -0.1) is 0 Å². The molecule has 1 unspecified atom stereocenters. The van der Waals surface area contributed by atoms with E-state index in [9.17, 15) is 0 Å². The van der Waals surface area contributed by atoms with Crippen molar-refractivity contribution in [2.45, 2.75) is 18.9 Å². The standard InChI is InChI=1S/C11H23N3O/c12-3-6-14-7-8-15-11(10-14)9-13-4-1-2-5-13/h11H,1-10,12H2. The molecule has 2 saturated heterocycles. The molecule has 2 rings (SSSR count). The largest absolute Gasteiger partial charge is 0.374 e. The zero-order valence-electron chi connectivity index (χ0n) is 9.53. The molecule has 0 aromatic rings. The first-order valence-corrected chi connectivity index (χ1v) is 6.15. The Bertz CT molecular complexity index is 181. The lowest BCUT2D eigenvalue weighted by Gasteiger charge is -2.34. The smallest absolute Gasteiger partial charge is 0.0829 e. The van der Waals surface area contributed by atoms with E-state index >= 15 is 0 Å². The molecule has 2 aliphatic heterocycles. The van der Waals surface area contributed by atoms with E-state index in [0.717, 1.165) is 39.3 Å². The van der Waals surface area contributed by atoms with E-state index in [1.807, 2.05) is 0 Å². The Hall–Kier alpha value is -0.160. The highest BCUT2D eigenvalue weighted by molar-refractivity contribution is 4.77. The average molecular weight is 213 g/mol. The molecule has 0 saturated carbocycles. The van der Waals surface area contributed by atoms with Gasteiger partial charge in [-0.25, -0.2) is 0 Å². The van der Waals surface area contributed by atoms with Crippen molar-refractivity contribution in [1.82, 2.24) is 9.80 Å². The van der Waals surface area contributed by atoms with Crippen LogP contribution < -0.4 is 5.73 Å².